The SMILES string of the molecule is O=C1OCCC/C=C\[C@H]2S[C@]34C=CCN(Cc5ccccc5)C(=O)C3N(CCCCCO)C(=O)[C@@H]4[C@@H]12. The largest absolute Gasteiger partial charge is 0.465 e. The number of cyclic esters (lactones) is 1. The molecule has 8 heteroatoms. The number of nitrogens with zero attached hydrogens (tertiary/aromatic N) is 2. The molecule has 36 heavy (non-hydrogen) atoms. The molecule has 7 nitrogen and oxygen atoms in total. The van der Waals surface area contributed by atoms with Crippen molar-refractivity contribution in [2.75, 3.05) is 26.3 Å². The van der Waals surface area contributed by atoms with E-state index in [-0.39, 0.29) is 29.6 Å². The first-order valence-electron chi connectivity index (χ1n) is 13.0. The molecule has 4 aliphatic heterocycles. The normalized spacial score (nSPS) is 32.6. The molecule has 1 aromatic carbocycles. The predicted octanol–water partition coefficient (Wildman–Crippen LogP) is 2.94. The third kappa shape index (κ3) is 4.50. The van der Waals surface area contributed by atoms with Crippen LogP contribution in [0, 0.1) is 11.8 Å². The molecule has 2 amide bonds. The first kappa shape index (κ1) is 25.1. The first-order chi connectivity index (χ1) is 17.6. The molecule has 1 N–H and O–H groups in total. The lowest BCUT2D eigenvalue weighted by Gasteiger charge is -2.35. The van der Waals surface area contributed by atoms with Crippen molar-refractivity contribution in [3.05, 3.63) is 60.2 Å². The molecule has 1 unspecified atom stereocenters. The highest BCUT2D eigenvalue weighted by molar-refractivity contribution is 8.02. The maximum absolute atomic E-state index is 14.2. The van der Waals surface area contributed by atoms with Crippen molar-refractivity contribution in [2.24, 2.45) is 11.8 Å². The maximum atomic E-state index is 14.2. The van der Waals surface area contributed by atoms with E-state index in [0.717, 1.165) is 24.8 Å². The Morgan fingerprint density at radius 3 is 2.69 bits per heavy atom. The molecule has 1 aromatic rings. The number of carbonyl (C=O) groups excluding carboxylic acids is 3. The van der Waals surface area contributed by atoms with Gasteiger partial charge in [0.15, 0.2) is 0 Å². The molecular weight excluding hydrogens is 476 g/mol. The number of benzene rings is 1. The number of allylic oxidation sites excluding steroid dienone is 1. The highest BCUT2D eigenvalue weighted by Crippen LogP contribution is 2.60. The van der Waals surface area contributed by atoms with Crippen LogP contribution >= 0.6 is 11.8 Å². The maximum Gasteiger partial charge on any atom is 0.311 e. The van der Waals surface area contributed by atoms with Gasteiger partial charge in [0.25, 0.3) is 0 Å². The highest BCUT2D eigenvalue weighted by atomic mass is 32.2. The lowest BCUT2D eigenvalue weighted by atomic mass is 9.78. The Labute approximate surface area is 216 Å². The Hall–Kier alpha value is -2.58. The number of aliphatic hydroxyl groups is 1. The lowest BCUT2D eigenvalue weighted by Crippen LogP contribution is -2.53. The number of hydrogen-bond acceptors (Lipinski definition) is 6. The number of ether oxygens (including phenoxy) is 1. The minimum atomic E-state index is -0.811. The zero-order chi connectivity index (χ0) is 25.1. The number of thioether (sulfide) groups is 1. The van der Waals surface area contributed by atoms with E-state index in [1.807, 2.05) is 47.4 Å². The Bertz CT molecular complexity index is 1040. The van der Waals surface area contributed by atoms with E-state index >= 15 is 0 Å². The summed E-state index contributed by atoms with van der Waals surface area (Å²) < 4.78 is 4.79. The number of hydrogen-bond donors (Lipinski definition) is 1. The van der Waals surface area contributed by atoms with E-state index in [1.54, 1.807) is 16.7 Å². The quantitative estimate of drug-likeness (QED) is 0.345. The fraction of sp³-hybridized carbons (Fsp3) is 0.536. The number of carbonyl (C=O) groups is 3. The van der Waals surface area contributed by atoms with Crippen LogP contribution in [0.1, 0.15) is 37.7 Å². The number of amides is 2. The van der Waals surface area contributed by atoms with Crippen molar-refractivity contribution in [2.45, 2.75) is 54.7 Å². The zero-order valence-corrected chi connectivity index (χ0v) is 21.3. The summed E-state index contributed by atoms with van der Waals surface area (Å²) in [6.45, 7) is 1.81. The van der Waals surface area contributed by atoms with Gasteiger partial charge in [-0.25, -0.2) is 0 Å². The van der Waals surface area contributed by atoms with Crippen LogP contribution < -0.4 is 0 Å². The average Bonchev–Trinajstić information content (AvgIpc) is 3.29. The van der Waals surface area contributed by atoms with Crippen LogP contribution in [0.4, 0.5) is 0 Å². The molecule has 0 bridgehead atoms. The molecule has 4 heterocycles. The molecule has 192 valence electrons. The molecule has 1 spiro atoms. The number of rotatable bonds is 7. The molecule has 5 atom stereocenters. The van der Waals surface area contributed by atoms with Gasteiger partial charge >= 0.3 is 5.97 Å². The number of fused-ring (bicyclic) bond motifs is 2. The second kappa shape index (κ2) is 10.8. The summed E-state index contributed by atoms with van der Waals surface area (Å²) in [5, 5.41) is 8.99. The van der Waals surface area contributed by atoms with Gasteiger partial charge in [-0.05, 0) is 37.7 Å². The van der Waals surface area contributed by atoms with Crippen LogP contribution in [0.2, 0.25) is 0 Å². The van der Waals surface area contributed by atoms with Gasteiger partial charge in [0.05, 0.1) is 23.2 Å². The summed E-state index contributed by atoms with van der Waals surface area (Å²) in [5.41, 5.74) is 1.04. The summed E-state index contributed by atoms with van der Waals surface area (Å²) >= 11 is 1.58. The van der Waals surface area contributed by atoms with Gasteiger partial charge in [-0.3, -0.25) is 14.4 Å². The van der Waals surface area contributed by atoms with E-state index in [0.29, 0.717) is 39.1 Å². The second-order valence-corrected chi connectivity index (χ2v) is 11.5. The molecule has 0 saturated carbocycles. The molecule has 0 aromatic heterocycles. The fourth-order valence-electron chi connectivity index (χ4n) is 6.06. The third-order valence-corrected chi connectivity index (χ3v) is 9.45. The Morgan fingerprint density at radius 1 is 1.06 bits per heavy atom. The van der Waals surface area contributed by atoms with Crippen LogP contribution in [-0.2, 0) is 25.7 Å². The molecular formula is C28H34N2O5S. The topological polar surface area (TPSA) is 87.2 Å². The standard InChI is InChI=1S/C28H34N2O5S/c31-17-8-3-7-16-30-24-26(33)29(19-20-11-4-1-5-12-20)15-10-14-28(24)23(25(30)32)22-21(36-28)13-6-2-9-18-35-27(22)34/h1,4-6,10-14,21-24,31H,2-3,7-9,15-19H2/b13-6-/t21-,22+,23+,24?,28+/m1/s1. The highest BCUT2D eigenvalue weighted by Gasteiger charge is 2.70. The van der Waals surface area contributed by atoms with E-state index in [4.69, 9.17) is 4.74 Å². The van der Waals surface area contributed by atoms with Gasteiger partial charge < -0.3 is 19.6 Å². The Morgan fingerprint density at radius 2 is 1.89 bits per heavy atom. The second-order valence-electron chi connectivity index (χ2n) is 10.0. The number of unbranched alkanes of at least 4 members (excludes halogenated alkanes) is 2. The molecule has 2 saturated heterocycles. The number of aliphatic hydroxyl groups excluding tert-OH is 1. The molecule has 4 aliphatic rings. The summed E-state index contributed by atoms with van der Waals surface area (Å²) in [4.78, 5) is 45.0. The van der Waals surface area contributed by atoms with Crippen LogP contribution in [0.5, 0.6) is 0 Å². The number of esters is 1. The minimum absolute atomic E-state index is 0.0711. The average molecular weight is 511 g/mol. The lowest BCUT2D eigenvalue weighted by molar-refractivity contribution is -0.153. The monoisotopic (exact) mass is 510 g/mol. The van der Waals surface area contributed by atoms with E-state index in [1.165, 1.54) is 0 Å². The summed E-state index contributed by atoms with van der Waals surface area (Å²) in [7, 11) is 0. The minimum Gasteiger partial charge on any atom is -0.465 e. The Balaban J connectivity index is 1.52. The van der Waals surface area contributed by atoms with Gasteiger partial charge in [-0.15, -0.1) is 11.8 Å². The molecule has 0 radical (unpaired) electrons. The smallest absolute Gasteiger partial charge is 0.311 e. The Kier molecular flexibility index (Phi) is 7.53. The van der Waals surface area contributed by atoms with Gasteiger partial charge in [-0.1, -0.05) is 54.6 Å². The molecule has 5 rings (SSSR count). The van der Waals surface area contributed by atoms with Crippen molar-refractivity contribution < 1.29 is 24.2 Å². The van der Waals surface area contributed by atoms with Crippen LogP contribution in [0.25, 0.3) is 0 Å². The predicted molar refractivity (Wildman–Crippen MR) is 138 cm³/mol. The van der Waals surface area contributed by atoms with Crippen LogP contribution in [0.15, 0.2) is 54.6 Å². The number of likely N-dealkylation sites (tertiary alicyclic amines) is 1. The summed E-state index contributed by atoms with van der Waals surface area (Å²) in [5.74, 6) is -1.78. The van der Waals surface area contributed by atoms with E-state index in [2.05, 4.69) is 12.2 Å². The van der Waals surface area contributed by atoms with Crippen molar-refractivity contribution in [1.82, 2.24) is 9.80 Å². The van der Waals surface area contributed by atoms with Gasteiger partial charge in [-0.2, -0.15) is 0 Å². The van der Waals surface area contributed by atoms with Crippen LogP contribution in [0.3, 0.4) is 0 Å². The van der Waals surface area contributed by atoms with Gasteiger partial charge in [0, 0.05) is 31.5 Å². The first-order valence-corrected chi connectivity index (χ1v) is 13.9. The van der Waals surface area contributed by atoms with Crippen LogP contribution in [-0.4, -0.2) is 75.0 Å². The molecule has 0 aliphatic carbocycles. The van der Waals surface area contributed by atoms with E-state index in [9.17, 15) is 19.5 Å². The molecule has 2 fully saturated rings. The van der Waals surface area contributed by atoms with E-state index < -0.39 is 22.6 Å². The van der Waals surface area contributed by atoms with Gasteiger partial charge in [0.1, 0.15) is 6.04 Å². The summed E-state index contributed by atoms with van der Waals surface area (Å²) in [6.07, 6.45) is 11.9. The van der Waals surface area contributed by atoms with Crippen molar-refractivity contribution in [3.63, 3.8) is 0 Å². The van der Waals surface area contributed by atoms with Crippen molar-refractivity contribution in [3.8, 4) is 0 Å². The summed E-state index contributed by atoms with van der Waals surface area (Å²) in [6, 6.07) is 9.20. The third-order valence-electron chi connectivity index (χ3n) is 7.71. The van der Waals surface area contributed by atoms with Gasteiger partial charge in [0.2, 0.25) is 11.8 Å². The van der Waals surface area contributed by atoms with Crippen molar-refractivity contribution >= 4 is 29.5 Å². The van der Waals surface area contributed by atoms with Crippen molar-refractivity contribution in [1.29, 1.82) is 0 Å². The zero-order valence-electron chi connectivity index (χ0n) is 20.5. The fourth-order valence-corrected chi connectivity index (χ4v) is 8.06.